The second kappa shape index (κ2) is 3.58. The Labute approximate surface area is 70.8 Å². The molecule has 0 radical (unpaired) electrons. The smallest absolute Gasteiger partial charge is 0.216 e. The number of hydrogen-bond donors (Lipinski definition) is 1. The number of aromatic nitrogens is 1. The molecule has 4 nitrogen and oxygen atoms in total. The number of rotatable bonds is 2. The second-order valence-electron chi connectivity index (χ2n) is 2.15. The molecule has 62 valence electrons. The fourth-order valence-electron chi connectivity index (χ4n) is 0.802. The molecule has 0 bridgehead atoms. The summed E-state index contributed by atoms with van der Waals surface area (Å²) < 4.78 is 4.90. The standard InChI is InChI=1S/C8H9N3O/c1-10-7-3-6(5-9)4-8(11-7)12-2/h3-4H,1-2H3,(H,10,11). The van der Waals surface area contributed by atoms with E-state index in [1.54, 1.807) is 19.2 Å². The van der Waals surface area contributed by atoms with Crippen molar-refractivity contribution >= 4 is 5.82 Å². The highest BCUT2D eigenvalue weighted by atomic mass is 16.5. The third kappa shape index (κ3) is 1.64. The van der Waals surface area contributed by atoms with Crippen LogP contribution in [0.1, 0.15) is 5.56 Å². The van der Waals surface area contributed by atoms with Gasteiger partial charge in [-0.25, -0.2) is 0 Å². The lowest BCUT2D eigenvalue weighted by molar-refractivity contribution is 0.398. The maximum atomic E-state index is 8.62. The summed E-state index contributed by atoms with van der Waals surface area (Å²) in [6.07, 6.45) is 0. The van der Waals surface area contributed by atoms with E-state index in [-0.39, 0.29) is 0 Å². The Kier molecular flexibility index (Phi) is 2.49. The van der Waals surface area contributed by atoms with E-state index < -0.39 is 0 Å². The molecule has 0 aromatic carbocycles. The zero-order valence-corrected chi connectivity index (χ0v) is 6.96. The van der Waals surface area contributed by atoms with Crippen LogP contribution in [0.2, 0.25) is 0 Å². The van der Waals surface area contributed by atoms with Crippen LogP contribution in [0.3, 0.4) is 0 Å². The van der Waals surface area contributed by atoms with Crippen molar-refractivity contribution in [3.05, 3.63) is 17.7 Å². The predicted octanol–water partition coefficient (Wildman–Crippen LogP) is 1.00. The molecule has 1 N–H and O–H groups in total. The van der Waals surface area contributed by atoms with Crippen LogP contribution in [0, 0.1) is 11.3 Å². The number of methoxy groups -OCH3 is 1. The van der Waals surface area contributed by atoms with E-state index in [2.05, 4.69) is 10.3 Å². The van der Waals surface area contributed by atoms with Gasteiger partial charge in [0.25, 0.3) is 0 Å². The van der Waals surface area contributed by atoms with E-state index in [0.717, 1.165) is 0 Å². The van der Waals surface area contributed by atoms with Gasteiger partial charge in [-0.15, -0.1) is 0 Å². The molecule has 0 aliphatic heterocycles. The Hall–Kier alpha value is -1.76. The molecule has 0 spiro atoms. The summed E-state index contributed by atoms with van der Waals surface area (Å²) in [4.78, 5) is 4.03. The first kappa shape index (κ1) is 8.34. The Bertz CT molecular complexity index is 294. The molecule has 4 heteroatoms. The molecule has 0 fully saturated rings. The van der Waals surface area contributed by atoms with Crippen LogP contribution >= 0.6 is 0 Å². The average molecular weight is 163 g/mol. The first-order chi connectivity index (χ1) is 5.80. The molecule has 0 unspecified atom stereocenters. The lowest BCUT2D eigenvalue weighted by Crippen LogP contribution is -1.95. The fraction of sp³-hybridized carbons (Fsp3) is 0.250. The number of anilines is 1. The number of ether oxygens (including phenoxy) is 1. The molecular formula is C8H9N3O. The van der Waals surface area contributed by atoms with Gasteiger partial charge in [0.05, 0.1) is 18.7 Å². The molecule has 1 rings (SSSR count). The third-order valence-electron chi connectivity index (χ3n) is 1.40. The highest BCUT2D eigenvalue weighted by Gasteiger charge is 1.99. The highest BCUT2D eigenvalue weighted by Crippen LogP contribution is 2.14. The van der Waals surface area contributed by atoms with Crippen molar-refractivity contribution in [2.75, 3.05) is 19.5 Å². The van der Waals surface area contributed by atoms with Gasteiger partial charge in [0.2, 0.25) is 5.88 Å². The first-order valence-electron chi connectivity index (χ1n) is 3.44. The summed E-state index contributed by atoms with van der Waals surface area (Å²) in [6, 6.07) is 5.26. The van der Waals surface area contributed by atoms with Crippen LogP contribution in [-0.2, 0) is 0 Å². The van der Waals surface area contributed by atoms with Crippen LogP contribution in [-0.4, -0.2) is 19.1 Å². The minimum Gasteiger partial charge on any atom is -0.481 e. The SMILES string of the molecule is CNc1cc(C#N)cc(OC)n1. The largest absolute Gasteiger partial charge is 0.481 e. The third-order valence-corrected chi connectivity index (χ3v) is 1.40. The van der Waals surface area contributed by atoms with Crippen LogP contribution in [0.15, 0.2) is 12.1 Å². The lowest BCUT2D eigenvalue weighted by Gasteiger charge is -2.02. The van der Waals surface area contributed by atoms with Crippen molar-refractivity contribution in [2.24, 2.45) is 0 Å². The summed E-state index contributed by atoms with van der Waals surface area (Å²) in [5.74, 6) is 1.07. The molecule has 1 heterocycles. The van der Waals surface area contributed by atoms with Crippen molar-refractivity contribution < 1.29 is 4.74 Å². The Morgan fingerprint density at radius 1 is 1.58 bits per heavy atom. The Balaban J connectivity index is 3.12. The number of hydrogen-bond acceptors (Lipinski definition) is 4. The van der Waals surface area contributed by atoms with Crippen molar-refractivity contribution in [3.63, 3.8) is 0 Å². The zero-order chi connectivity index (χ0) is 8.97. The second-order valence-corrected chi connectivity index (χ2v) is 2.15. The number of nitriles is 1. The minimum atomic E-state index is 0.443. The van der Waals surface area contributed by atoms with Gasteiger partial charge in [-0.1, -0.05) is 0 Å². The number of nitrogens with zero attached hydrogens (tertiary/aromatic N) is 2. The summed E-state index contributed by atoms with van der Waals surface area (Å²) in [6.45, 7) is 0. The average Bonchev–Trinajstić information content (AvgIpc) is 2.16. The molecule has 1 aromatic heterocycles. The highest BCUT2D eigenvalue weighted by molar-refractivity contribution is 5.45. The Morgan fingerprint density at radius 3 is 2.83 bits per heavy atom. The number of pyridine rings is 1. The van der Waals surface area contributed by atoms with Crippen molar-refractivity contribution in [1.29, 1.82) is 5.26 Å². The van der Waals surface area contributed by atoms with Gasteiger partial charge in [-0.05, 0) is 6.07 Å². The quantitative estimate of drug-likeness (QED) is 0.706. The molecule has 0 saturated heterocycles. The van der Waals surface area contributed by atoms with Crippen molar-refractivity contribution in [3.8, 4) is 11.9 Å². The molecule has 0 amide bonds. The molecule has 0 aliphatic rings. The van der Waals surface area contributed by atoms with Gasteiger partial charge in [-0.3, -0.25) is 0 Å². The van der Waals surface area contributed by atoms with Crippen LogP contribution < -0.4 is 10.1 Å². The molecule has 0 atom stereocenters. The summed E-state index contributed by atoms with van der Waals surface area (Å²) in [7, 11) is 3.26. The molecule has 0 saturated carbocycles. The molecule has 12 heavy (non-hydrogen) atoms. The van der Waals surface area contributed by atoms with Crippen LogP contribution in [0.5, 0.6) is 5.88 Å². The maximum absolute atomic E-state index is 8.62. The van der Waals surface area contributed by atoms with Gasteiger partial charge in [0.15, 0.2) is 0 Å². The lowest BCUT2D eigenvalue weighted by atomic mass is 10.3. The van der Waals surface area contributed by atoms with E-state index in [0.29, 0.717) is 17.3 Å². The van der Waals surface area contributed by atoms with Crippen LogP contribution in [0.25, 0.3) is 0 Å². The van der Waals surface area contributed by atoms with E-state index in [9.17, 15) is 0 Å². The summed E-state index contributed by atoms with van der Waals surface area (Å²) in [5, 5.41) is 11.5. The zero-order valence-electron chi connectivity index (χ0n) is 6.96. The summed E-state index contributed by atoms with van der Waals surface area (Å²) >= 11 is 0. The van der Waals surface area contributed by atoms with E-state index in [1.807, 2.05) is 6.07 Å². The minimum absolute atomic E-state index is 0.443. The molecule has 1 aromatic rings. The van der Waals surface area contributed by atoms with Gasteiger partial charge in [0, 0.05) is 13.1 Å². The van der Waals surface area contributed by atoms with Crippen molar-refractivity contribution in [1.82, 2.24) is 4.98 Å². The molecule has 0 aliphatic carbocycles. The fourth-order valence-corrected chi connectivity index (χ4v) is 0.802. The number of nitrogens with one attached hydrogen (secondary N) is 1. The van der Waals surface area contributed by atoms with Gasteiger partial charge >= 0.3 is 0 Å². The topological polar surface area (TPSA) is 57.9 Å². The van der Waals surface area contributed by atoms with Crippen LogP contribution in [0.4, 0.5) is 5.82 Å². The Morgan fingerprint density at radius 2 is 2.33 bits per heavy atom. The van der Waals surface area contributed by atoms with Gasteiger partial charge in [-0.2, -0.15) is 10.2 Å². The van der Waals surface area contributed by atoms with E-state index in [4.69, 9.17) is 10.00 Å². The van der Waals surface area contributed by atoms with E-state index >= 15 is 0 Å². The van der Waals surface area contributed by atoms with Crippen molar-refractivity contribution in [2.45, 2.75) is 0 Å². The predicted molar refractivity (Wildman–Crippen MR) is 45.1 cm³/mol. The van der Waals surface area contributed by atoms with Gasteiger partial charge in [0.1, 0.15) is 5.82 Å². The van der Waals surface area contributed by atoms with Gasteiger partial charge < -0.3 is 10.1 Å². The molecular weight excluding hydrogens is 154 g/mol. The monoisotopic (exact) mass is 163 g/mol. The van der Waals surface area contributed by atoms with E-state index in [1.165, 1.54) is 7.11 Å². The summed E-state index contributed by atoms with van der Waals surface area (Å²) in [5.41, 5.74) is 0.534. The first-order valence-corrected chi connectivity index (χ1v) is 3.44. The maximum Gasteiger partial charge on any atom is 0.216 e. The normalized spacial score (nSPS) is 8.75.